The van der Waals surface area contributed by atoms with Crippen molar-refractivity contribution < 1.29 is 32.5 Å². The average molecular weight is 348 g/mol. The summed E-state index contributed by atoms with van der Waals surface area (Å²) in [6.07, 6.45) is -0.240. The van der Waals surface area contributed by atoms with Gasteiger partial charge in [0, 0.05) is 6.07 Å². The monoisotopic (exact) mass is 348 g/mol. The first-order valence-corrected chi connectivity index (χ1v) is 7.61. The number of nitrogens with one attached hydrogen (secondary N) is 1. The Kier molecular flexibility index (Phi) is 4.85. The van der Waals surface area contributed by atoms with Crippen molar-refractivity contribution in [2.45, 2.75) is 13.2 Å². The maximum Gasteiger partial charge on any atom is 0.471 e. The Hall–Kier alpha value is -2.20. The Morgan fingerprint density at radius 2 is 2.13 bits per heavy atom. The number of hydrogen-bond donors (Lipinski definition) is 3. The topological polar surface area (TPSA) is 127 Å². The number of anilines is 1. The van der Waals surface area contributed by atoms with E-state index >= 15 is 0 Å². The van der Waals surface area contributed by atoms with Crippen LogP contribution < -0.4 is 5.32 Å². The van der Waals surface area contributed by atoms with Gasteiger partial charge in [0.05, 0.1) is 11.9 Å². The molecule has 1 aromatic heterocycles. The van der Waals surface area contributed by atoms with Crippen LogP contribution in [0.1, 0.15) is 23.6 Å². The number of aromatic nitrogens is 3. The normalized spacial score (nSPS) is 12.9. The molecule has 1 aromatic carbocycles. The third-order valence-corrected chi connectivity index (χ3v) is 3.12. The highest BCUT2D eigenvalue weighted by atomic mass is 31.2. The molecular weight excluding hydrogens is 337 g/mol. The van der Waals surface area contributed by atoms with Gasteiger partial charge in [-0.25, -0.2) is 13.3 Å². The second-order valence-corrected chi connectivity index (χ2v) is 5.52. The van der Waals surface area contributed by atoms with Gasteiger partial charge in [0.2, 0.25) is 0 Å². The van der Waals surface area contributed by atoms with E-state index in [2.05, 4.69) is 20.0 Å². The van der Waals surface area contributed by atoms with E-state index < -0.39 is 31.6 Å². The summed E-state index contributed by atoms with van der Waals surface area (Å²) in [4.78, 5) is 30.0. The van der Waals surface area contributed by atoms with Crippen molar-refractivity contribution in [3.63, 3.8) is 0 Å². The third-order valence-electron chi connectivity index (χ3n) is 2.54. The van der Waals surface area contributed by atoms with Crippen LogP contribution in [0.5, 0.6) is 0 Å². The minimum atomic E-state index is -4.75. The summed E-state index contributed by atoms with van der Waals surface area (Å²) in [6.45, 7) is 1.25. The molecule has 0 spiro atoms. The molecule has 1 amide bonds. The molecule has 2 rings (SSSR count). The first kappa shape index (κ1) is 17.2. The molecule has 1 heterocycles. The molecule has 0 saturated carbocycles. The largest absolute Gasteiger partial charge is 0.471 e. The van der Waals surface area contributed by atoms with Gasteiger partial charge in [0.1, 0.15) is 11.6 Å². The van der Waals surface area contributed by atoms with Crippen molar-refractivity contribution in [3.05, 3.63) is 41.7 Å². The lowest BCUT2D eigenvalue weighted by Crippen LogP contribution is -2.16. The molecule has 0 saturated heterocycles. The van der Waals surface area contributed by atoms with Crippen LogP contribution in [-0.2, 0) is 9.09 Å². The predicted octanol–water partition coefficient (Wildman–Crippen LogP) is 1.44. The van der Waals surface area contributed by atoms with Crippen molar-refractivity contribution in [3.8, 4) is 0 Å². The molecule has 2 aromatic rings. The number of carbonyl (C=O) groups excluding carboxylic acids is 1. The van der Waals surface area contributed by atoms with Gasteiger partial charge in [-0.15, -0.1) is 5.10 Å². The van der Waals surface area contributed by atoms with Gasteiger partial charge in [-0.1, -0.05) is 0 Å². The quantitative estimate of drug-likeness (QED) is 0.698. The summed E-state index contributed by atoms with van der Waals surface area (Å²) in [5.74, 6) is -2.61. The van der Waals surface area contributed by atoms with Crippen LogP contribution in [0, 0.1) is 11.6 Å². The van der Waals surface area contributed by atoms with Crippen LogP contribution in [0.2, 0.25) is 0 Å². The second-order valence-electron chi connectivity index (χ2n) is 4.32. The Morgan fingerprint density at radius 3 is 2.74 bits per heavy atom. The van der Waals surface area contributed by atoms with Crippen LogP contribution in [0.15, 0.2) is 24.4 Å². The fourth-order valence-electron chi connectivity index (χ4n) is 1.57. The summed E-state index contributed by atoms with van der Waals surface area (Å²) >= 11 is 0. The van der Waals surface area contributed by atoms with E-state index in [0.29, 0.717) is 6.07 Å². The minimum absolute atomic E-state index is 0.255. The zero-order chi connectivity index (χ0) is 17.2. The number of phosphoric ester groups is 1. The number of carbonyl (C=O) groups is 1. The number of nitrogens with zero attached hydrogens (tertiary/aromatic N) is 3. The van der Waals surface area contributed by atoms with Crippen molar-refractivity contribution in [1.82, 2.24) is 15.0 Å². The van der Waals surface area contributed by atoms with Crippen LogP contribution in [0.4, 0.5) is 14.5 Å². The van der Waals surface area contributed by atoms with Gasteiger partial charge >= 0.3 is 7.82 Å². The summed E-state index contributed by atoms with van der Waals surface area (Å²) in [5, 5.41) is 9.45. The molecule has 23 heavy (non-hydrogen) atoms. The molecule has 0 fully saturated rings. The Morgan fingerprint density at radius 1 is 1.43 bits per heavy atom. The van der Waals surface area contributed by atoms with E-state index in [1.54, 1.807) is 0 Å². The van der Waals surface area contributed by atoms with Crippen LogP contribution >= 0.6 is 7.82 Å². The minimum Gasteiger partial charge on any atom is -0.318 e. The fraction of sp³-hybridized carbons (Fsp3) is 0.182. The molecule has 124 valence electrons. The van der Waals surface area contributed by atoms with Gasteiger partial charge < -0.3 is 15.1 Å². The number of phosphoric acid groups is 1. The molecule has 0 aliphatic heterocycles. The lowest BCUT2D eigenvalue weighted by atomic mass is 10.3. The highest BCUT2D eigenvalue weighted by molar-refractivity contribution is 7.46. The molecule has 0 bridgehead atoms. The van der Waals surface area contributed by atoms with E-state index in [9.17, 15) is 18.1 Å². The zero-order valence-corrected chi connectivity index (χ0v) is 12.4. The number of benzene rings is 1. The second kappa shape index (κ2) is 6.50. The standard InChI is InChI=1S/C11H11F2N4O5P/c1-6(22-23(19,20)21)17-14-5-10(16-17)11(18)15-9-3-2-7(12)4-8(9)13/h2-6H,1H3,(H,15,18)(H2,19,20,21). The number of amides is 1. The van der Waals surface area contributed by atoms with E-state index in [1.165, 1.54) is 6.92 Å². The van der Waals surface area contributed by atoms with Crippen LogP contribution in [-0.4, -0.2) is 30.7 Å². The van der Waals surface area contributed by atoms with Gasteiger partial charge in [-0.2, -0.15) is 9.90 Å². The average Bonchev–Trinajstić information content (AvgIpc) is 2.90. The fourth-order valence-corrected chi connectivity index (χ4v) is 2.05. The van der Waals surface area contributed by atoms with Crippen molar-refractivity contribution >= 4 is 19.4 Å². The molecule has 3 N–H and O–H groups in total. The molecule has 9 nitrogen and oxygen atoms in total. The smallest absolute Gasteiger partial charge is 0.318 e. The molecule has 0 radical (unpaired) electrons. The summed E-state index contributed by atoms with van der Waals surface area (Å²) in [5.41, 5.74) is -0.514. The van der Waals surface area contributed by atoms with Gasteiger partial charge in [0.15, 0.2) is 11.9 Å². The Bertz CT molecular complexity index is 778. The molecular formula is C11H11F2N4O5P. The highest BCUT2D eigenvalue weighted by Crippen LogP contribution is 2.39. The predicted molar refractivity (Wildman–Crippen MR) is 72.2 cm³/mol. The molecule has 0 aliphatic rings. The van der Waals surface area contributed by atoms with E-state index in [1.807, 2.05) is 0 Å². The van der Waals surface area contributed by atoms with Crippen molar-refractivity contribution in [1.29, 1.82) is 0 Å². The van der Waals surface area contributed by atoms with E-state index in [-0.39, 0.29) is 11.4 Å². The summed E-state index contributed by atoms with van der Waals surface area (Å²) < 4.78 is 41.3. The molecule has 0 aliphatic carbocycles. The van der Waals surface area contributed by atoms with Gasteiger partial charge in [-0.05, 0) is 19.1 Å². The van der Waals surface area contributed by atoms with Crippen molar-refractivity contribution in [2.24, 2.45) is 0 Å². The lowest BCUT2D eigenvalue weighted by Gasteiger charge is -2.12. The van der Waals surface area contributed by atoms with Crippen LogP contribution in [0.3, 0.4) is 0 Å². The van der Waals surface area contributed by atoms with E-state index in [4.69, 9.17) is 9.79 Å². The Labute approximate surface area is 128 Å². The molecule has 1 unspecified atom stereocenters. The van der Waals surface area contributed by atoms with Crippen LogP contribution in [0.25, 0.3) is 0 Å². The summed E-state index contributed by atoms with van der Waals surface area (Å²) in [7, 11) is -4.75. The number of rotatable bonds is 5. The lowest BCUT2D eigenvalue weighted by molar-refractivity contribution is 0.0764. The number of halogens is 2. The molecule has 1 atom stereocenters. The van der Waals surface area contributed by atoms with Gasteiger partial charge in [-0.3, -0.25) is 9.32 Å². The Balaban J connectivity index is 2.10. The SMILES string of the molecule is CC(OP(=O)(O)O)n1ncc(C(=O)Nc2ccc(F)cc2F)n1. The maximum atomic E-state index is 13.4. The first-order valence-electron chi connectivity index (χ1n) is 6.08. The first-order chi connectivity index (χ1) is 10.7. The summed E-state index contributed by atoms with van der Waals surface area (Å²) in [6, 6.07) is 2.60. The number of hydrogen-bond acceptors (Lipinski definition) is 5. The highest BCUT2D eigenvalue weighted by Gasteiger charge is 2.22. The van der Waals surface area contributed by atoms with Crippen molar-refractivity contribution in [2.75, 3.05) is 5.32 Å². The third kappa shape index (κ3) is 4.63. The zero-order valence-electron chi connectivity index (χ0n) is 11.6. The van der Waals surface area contributed by atoms with Gasteiger partial charge in [0.25, 0.3) is 5.91 Å². The van der Waals surface area contributed by atoms with E-state index in [0.717, 1.165) is 23.1 Å². The maximum absolute atomic E-state index is 13.4. The molecule has 12 heteroatoms.